The summed E-state index contributed by atoms with van der Waals surface area (Å²) in [6.45, 7) is 12.4. The Morgan fingerprint density at radius 1 is 1.20 bits per heavy atom. The summed E-state index contributed by atoms with van der Waals surface area (Å²) in [7, 11) is 0. The number of esters is 1. The van der Waals surface area contributed by atoms with Crippen LogP contribution in [0.4, 0.5) is 0 Å². The fraction of sp³-hybridized carbons (Fsp3) is 0.542. The Labute approximate surface area is 179 Å². The van der Waals surface area contributed by atoms with E-state index in [1.54, 1.807) is 18.2 Å². The minimum atomic E-state index is -0.456. The Bertz CT molecular complexity index is 868. The van der Waals surface area contributed by atoms with Crippen LogP contribution in [0.2, 0.25) is 0 Å². The van der Waals surface area contributed by atoms with Gasteiger partial charge in [-0.15, -0.1) is 0 Å². The Balaban J connectivity index is 2.21. The van der Waals surface area contributed by atoms with Crippen molar-refractivity contribution < 1.29 is 19.1 Å². The molecule has 0 saturated heterocycles. The van der Waals surface area contributed by atoms with Gasteiger partial charge in [-0.1, -0.05) is 26.8 Å². The second kappa shape index (κ2) is 9.34. The van der Waals surface area contributed by atoms with Crippen LogP contribution in [0.1, 0.15) is 66.4 Å². The van der Waals surface area contributed by atoms with E-state index in [0.717, 1.165) is 19.3 Å². The van der Waals surface area contributed by atoms with Gasteiger partial charge in [0.15, 0.2) is 11.5 Å². The van der Waals surface area contributed by atoms with E-state index >= 15 is 0 Å². The quantitative estimate of drug-likeness (QED) is 0.291. The van der Waals surface area contributed by atoms with Crippen LogP contribution in [0.15, 0.2) is 23.8 Å². The highest BCUT2D eigenvalue weighted by molar-refractivity contribution is 6.02. The van der Waals surface area contributed by atoms with Crippen LogP contribution in [0.25, 0.3) is 6.08 Å². The summed E-state index contributed by atoms with van der Waals surface area (Å²) in [5.74, 6) is 0.0573. The third-order valence-electron chi connectivity index (χ3n) is 4.49. The molecule has 1 aliphatic carbocycles. The molecule has 0 aromatic heterocycles. The average molecular weight is 413 g/mol. The molecule has 1 amide bonds. The number of rotatable bonds is 8. The van der Waals surface area contributed by atoms with Crippen molar-refractivity contribution >= 4 is 18.0 Å². The predicted octanol–water partition coefficient (Wildman–Crippen LogP) is 4.64. The second-order valence-electron chi connectivity index (χ2n) is 9.58. The van der Waals surface area contributed by atoms with Crippen molar-refractivity contribution in [3.8, 4) is 17.6 Å². The Morgan fingerprint density at radius 3 is 2.40 bits per heavy atom. The zero-order chi connectivity index (χ0) is 22.5. The molecule has 0 radical (unpaired) electrons. The second-order valence-corrected chi connectivity index (χ2v) is 9.58. The van der Waals surface area contributed by atoms with Crippen LogP contribution in [0.5, 0.6) is 11.5 Å². The van der Waals surface area contributed by atoms with Crippen molar-refractivity contribution in [3.63, 3.8) is 0 Å². The van der Waals surface area contributed by atoms with Crippen molar-refractivity contribution in [2.75, 3.05) is 6.61 Å². The number of nitrogens with one attached hydrogen (secondary N) is 1. The van der Waals surface area contributed by atoms with Crippen molar-refractivity contribution in [2.24, 2.45) is 11.3 Å². The summed E-state index contributed by atoms with van der Waals surface area (Å²) in [4.78, 5) is 24.7. The molecule has 1 N–H and O–H groups in total. The van der Waals surface area contributed by atoms with Gasteiger partial charge >= 0.3 is 5.97 Å². The molecule has 0 aliphatic heterocycles. The van der Waals surface area contributed by atoms with Crippen molar-refractivity contribution in [1.82, 2.24) is 5.32 Å². The minimum Gasteiger partial charge on any atom is -0.490 e. The molecule has 1 aromatic carbocycles. The van der Waals surface area contributed by atoms with Gasteiger partial charge in [0, 0.05) is 5.54 Å². The lowest BCUT2D eigenvalue weighted by Crippen LogP contribution is -2.46. The summed E-state index contributed by atoms with van der Waals surface area (Å²) in [6, 6.07) is 6.98. The van der Waals surface area contributed by atoms with Crippen LogP contribution < -0.4 is 14.8 Å². The zero-order valence-corrected chi connectivity index (χ0v) is 18.8. The summed E-state index contributed by atoms with van der Waals surface area (Å²) in [6.07, 6.45) is 3.99. The van der Waals surface area contributed by atoms with Gasteiger partial charge in [0.05, 0.1) is 12.5 Å². The van der Waals surface area contributed by atoms with Crippen LogP contribution in [-0.2, 0) is 9.59 Å². The van der Waals surface area contributed by atoms with E-state index in [2.05, 4.69) is 26.1 Å². The largest absolute Gasteiger partial charge is 0.490 e. The smallest absolute Gasteiger partial charge is 0.314 e. The molecule has 0 unspecified atom stereocenters. The van der Waals surface area contributed by atoms with Gasteiger partial charge in [0.2, 0.25) is 0 Å². The molecule has 30 heavy (non-hydrogen) atoms. The maximum atomic E-state index is 12.7. The summed E-state index contributed by atoms with van der Waals surface area (Å²) in [5.41, 5.74) is 0.197. The predicted molar refractivity (Wildman–Crippen MR) is 116 cm³/mol. The Kier molecular flexibility index (Phi) is 7.30. The SMILES string of the molecule is CCOc1cc(C=C(C#N)C(=O)NC(C)(C)CC(C)(C)C)ccc1OC(=O)C1CC1. The first-order valence-electron chi connectivity index (χ1n) is 10.4. The molecule has 1 aliphatic rings. The molecule has 1 saturated carbocycles. The number of amides is 1. The first kappa shape index (κ1) is 23.5. The highest BCUT2D eigenvalue weighted by atomic mass is 16.6. The van der Waals surface area contributed by atoms with Crippen LogP contribution in [0.3, 0.4) is 0 Å². The van der Waals surface area contributed by atoms with Crippen molar-refractivity contribution in [3.05, 3.63) is 29.3 Å². The third-order valence-corrected chi connectivity index (χ3v) is 4.49. The fourth-order valence-corrected chi connectivity index (χ4v) is 3.54. The van der Waals surface area contributed by atoms with E-state index in [1.165, 1.54) is 6.08 Å². The van der Waals surface area contributed by atoms with E-state index in [0.29, 0.717) is 23.7 Å². The van der Waals surface area contributed by atoms with E-state index in [4.69, 9.17) is 9.47 Å². The van der Waals surface area contributed by atoms with Crippen molar-refractivity contribution in [2.45, 2.75) is 66.3 Å². The number of ether oxygens (including phenoxy) is 2. The topological polar surface area (TPSA) is 88.4 Å². The zero-order valence-electron chi connectivity index (χ0n) is 18.8. The van der Waals surface area contributed by atoms with Crippen LogP contribution in [-0.4, -0.2) is 24.0 Å². The Morgan fingerprint density at radius 2 is 1.87 bits per heavy atom. The first-order valence-corrected chi connectivity index (χ1v) is 10.4. The van der Waals surface area contributed by atoms with Gasteiger partial charge in [-0.2, -0.15) is 5.26 Å². The molecule has 6 heteroatoms. The standard InChI is InChI=1S/C24H32N2O4/c1-7-29-20-13-16(8-11-19(20)30-22(28)17-9-10-17)12-18(14-25)21(27)26-24(5,6)15-23(2,3)4/h8,11-13,17H,7,9-10,15H2,1-6H3,(H,26,27). The highest BCUT2D eigenvalue weighted by Crippen LogP contribution is 2.35. The van der Waals surface area contributed by atoms with Gasteiger partial charge in [-0.05, 0) is 69.2 Å². The van der Waals surface area contributed by atoms with Gasteiger partial charge in [0.25, 0.3) is 5.91 Å². The molecular weight excluding hydrogens is 380 g/mol. The summed E-state index contributed by atoms with van der Waals surface area (Å²) < 4.78 is 11.0. The van der Waals surface area contributed by atoms with Gasteiger partial charge < -0.3 is 14.8 Å². The molecule has 0 atom stereocenters. The van der Waals surface area contributed by atoms with E-state index in [9.17, 15) is 14.9 Å². The molecule has 162 valence electrons. The normalized spacial score (nSPS) is 14.6. The number of carbonyl (C=O) groups excluding carboxylic acids is 2. The molecule has 2 rings (SSSR count). The Hall–Kier alpha value is -2.81. The molecule has 0 bridgehead atoms. The molecular formula is C24H32N2O4. The molecule has 1 fully saturated rings. The maximum absolute atomic E-state index is 12.7. The molecule has 0 heterocycles. The van der Waals surface area contributed by atoms with Crippen LogP contribution in [0, 0.1) is 22.7 Å². The lowest BCUT2D eigenvalue weighted by atomic mass is 9.81. The van der Waals surface area contributed by atoms with E-state index in [-0.39, 0.29) is 22.9 Å². The monoisotopic (exact) mass is 412 g/mol. The summed E-state index contributed by atoms with van der Waals surface area (Å²) in [5, 5.41) is 12.5. The molecule has 6 nitrogen and oxygen atoms in total. The third kappa shape index (κ3) is 7.22. The number of hydrogen-bond acceptors (Lipinski definition) is 5. The number of benzene rings is 1. The minimum absolute atomic E-state index is 0.00200. The molecule has 0 spiro atoms. The maximum Gasteiger partial charge on any atom is 0.314 e. The molecule has 1 aromatic rings. The number of hydrogen-bond donors (Lipinski definition) is 1. The number of nitriles is 1. The number of carbonyl (C=O) groups is 2. The van der Waals surface area contributed by atoms with Gasteiger partial charge in [-0.25, -0.2) is 0 Å². The lowest BCUT2D eigenvalue weighted by Gasteiger charge is -2.33. The van der Waals surface area contributed by atoms with E-state index < -0.39 is 11.4 Å². The average Bonchev–Trinajstić information content (AvgIpc) is 3.44. The van der Waals surface area contributed by atoms with Crippen LogP contribution >= 0.6 is 0 Å². The van der Waals surface area contributed by atoms with Gasteiger partial charge in [-0.3, -0.25) is 9.59 Å². The van der Waals surface area contributed by atoms with Crippen molar-refractivity contribution in [1.29, 1.82) is 5.26 Å². The van der Waals surface area contributed by atoms with Gasteiger partial charge in [0.1, 0.15) is 11.6 Å². The lowest BCUT2D eigenvalue weighted by molar-refractivity contribution is -0.135. The highest BCUT2D eigenvalue weighted by Gasteiger charge is 2.32. The van der Waals surface area contributed by atoms with E-state index in [1.807, 2.05) is 26.8 Å². The first-order chi connectivity index (χ1) is 13.9. The summed E-state index contributed by atoms with van der Waals surface area (Å²) >= 11 is 0. The number of nitrogens with zero attached hydrogens (tertiary/aromatic N) is 1. The fourth-order valence-electron chi connectivity index (χ4n) is 3.54.